The molecule has 1 saturated heterocycles. The van der Waals surface area contributed by atoms with E-state index in [0.29, 0.717) is 28.7 Å². The summed E-state index contributed by atoms with van der Waals surface area (Å²) in [5, 5.41) is 4.42. The number of carbonyl (C=O) groups excluding carboxylic acids is 2. The van der Waals surface area contributed by atoms with Crippen LogP contribution in [-0.4, -0.2) is 41.0 Å². The summed E-state index contributed by atoms with van der Waals surface area (Å²) >= 11 is 5.91. The molecule has 3 aromatic carbocycles. The van der Waals surface area contributed by atoms with Gasteiger partial charge in [-0.15, -0.1) is 0 Å². The molecule has 1 aliphatic rings. The summed E-state index contributed by atoms with van der Waals surface area (Å²) in [6.07, 6.45) is 2.07. The van der Waals surface area contributed by atoms with Gasteiger partial charge in [-0.1, -0.05) is 56.6 Å². The number of amides is 2. The highest BCUT2D eigenvalue weighted by atomic mass is 35.5. The Labute approximate surface area is 234 Å². The number of hydrogen-bond donors (Lipinski definition) is 1. The molecule has 2 heterocycles. The number of nitrogens with one attached hydrogen (secondary N) is 1. The Hall–Kier alpha value is -3.77. The van der Waals surface area contributed by atoms with Gasteiger partial charge >= 0.3 is 0 Å². The Morgan fingerprint density at radius 1 is 0.923 bits per heavy atom. The number of likely N-dealkylation sites (tertiary alicyclic amines) is 1. The van der Waals surface area contributed by atoms with Crippen LogP contribution in [0.5, 0.6) is 5.75 Å². The number of ether oxygens (including phenoxy) is 1. The number of rotatable bonds is 7. The zero-order valence-electron chi connectivity index (χ0n) is 22.7. The molecule has 0 unspecified atom stereocenters. The van der Waals surface area contributed by atoms with Crippen LogP contribution in [-0.2, 0) is 16.8 Å². The van der Waals surface area contributed by atoms with Gasteiger partial charge in [0, 0.05) is 41.2 Å². The summed E-state index contributed by atoms with van der Waals surface area (Å²) in [6.45, 7) is 8.65. The lowest BCUT2D eigenvalue weighted by Crippen LogP contribution is -2.29. The van der Waals surface area contributed by atoms with Crippen LogP contribution >= 0.6 is 11.6 Å². The van der Waals surface area contributed by atoms with Crippen molar-refractivity contribution in [2.75, 3.05) is 25.0 Å². The third-order valence-electron chi connectivity index (χ3n) is 7.14. The van der Waals surface area contributed by atoms with Gasteiger partial charge in [0.2, 0.25) is 0 Å². The number of carbonyl (C=O) groups is 2. The van der Waals surface area contributed by atoms with Crippen LogP contribution in [0.25, 0.3) is 10.9 Å². The Morgan fingerprint density at radius 2 is 1.62 bits per heavy atom. The Bertz CT molecular complexity index is 1480. The topological polar surface area (TPSA) is 63.6 Å². The zero-order valence-corrected chi connectivity index (χ0v) is 23.4. The van der Waals surface area contributed by atoms with Gasteiger partial charge in [-0.25, -0.2) is 0 Å². The molecule has 0 spiro atoms. The van der Waals surface area contributed by atoms with Crippen molar-refractivity contribution in [3.05, 3.63) is 94.6 Å². The van der Waals surface area contributed by atoms with Gasteiger partial charge in [-0.05, 0) is 77.9 Å². The van der Waals surface area contributed by atoms with E-state index in [4.69, 9.17) is 16.3 Å². The normalized spacial score (nSPS) is 13.6. The fourth-order valence-corrected chi connectivity index (χ4v) is 5.07. The van der Waals surface area contributed by atoms with Crippen LogP contribution in [0.1, 0.15) is 55.2 Å². The minimum Gasteiger partial charge on any atom is -0.484 e. The fraction of sp³-hybridized carbons (Fsp3) is 0.312. The predicted molar refractivity (Wildman–Crippen MR) is 157 cm³/mol. The minimum atomic E-state index is -0.268. The van der Waals surface area contributed by atoms with Crippen LogP contribution in [0.4, 0.5) is 5.69 Å². The van der Waals surface area contributed by atoms with Crippen LogP contribution in [0.3, 0.4) is 0 Å². The summed E-state index contributed by atoms with van der Waals surface area (Å²) in [5.41, 5.74) is 4.76. The predicted octanol–water partition coefficient (Wildman–Crippen LogP) is 6.89. The highest BCUT2D eigenvalue weighted by molar-refractivity contribution is 6.30. The quantitative estimate of drug-likeness (QED) is 0.276. The first-order chi connectivity index (χ1) is 18.7. The van der Waals surface area contributed by atoms with Crippen molar-refractivity contribution in [3.63, 3.8) is 0 Å². The van der Waals surface area contributed by atoms with E-state index in [1.807, 2.05) is 29.2 Å². The molecule has 6 nitrogen and oxygen atoms in total. The van der Waals surface area contributed by atoms with E-state index >= 15 is 0 Å². The molecule has 5 rings (SSSR count). The number of halogens is 1. The number of aromatic nitrogens is 1. The molecule has 202 valence electrons. The van der Waals surface area contributed by atoms with Crippen LogP contribution in [0.15, 0.2) is 72.8 Å². The van der Waals surface area contributed by atoms with Crippen molar-refractivity contribution >= 4 is 40.0 Å². The molecule has 0 aliphatic carbocycles. The first kappa shape index (κ1) is 26.8. The molecular weight excluding hydrogens is 510 g/mol. The highest BCUT2D eigenvalue weighted by Crippen LogP contribution is 2.28. The van der Waals surface area contributed by atoms with E-state index in [0.717, 1.165) is 42.4 Å². The molecule has 0 bridgehead atoms. The van der Waals surface area contributed by atoms with Gasteiger partial charge in [0.05, 0.1) is 0 Å². The SMILES string of the molecule is CC(C)(C)c1ccc(Cn2c(C(=O)N3CCCC3)cc3cc(NC(=O)COc4ccc(Cl)cc4)ccc32)cc1. The van der Waals surface area contributed by atoms with Gasteiger partial charge in [0.15, 0.2) is 6.61 Å². The molecule has 1 aliphatic heterocycles. The summed E-state index contributed by atoms with van der Waals surface area (Å²) in [4.78, 5) is 28.0. The zero-order chi connectivity index (χ0) is 27.6. The van der Waals surface area contributed by atoms with Gasteiger partial charge in [-0.3, -0.25) is 9.59 Å². The van der Waals surface area contributed by atoms with Gasteiger partial charge in [-0.2, -0.15) is 0 Å². The molecule has 4 aromatic rings. The van der Waals surface area contributed by atoms with Gasteiger partial charge in [0.1, 0.15) is 11.4 Å². The van der Waals surface area contributed by atoms with Crippen LogP contribution in [0.2, 0.25) is 5.02 Å². The summed E-state index contributed by atoms with van der Waals surface area (Å²) in [6, 6.07) is 23.2. The monoisotopic (exact) mass is 543 g/mol. The molecule has 1 N–H and O–H groups in total. The Morgan fingerprint density at radius 3 is 2.28 bits per heavy atom. The van der Waals surface area contributed by atoms with E-state index in [2.05, 4.69) is 54.9 Å². The second-order valence-electron chi connectivity index (χ2n) is 11.1. The molecule has 39 heavy (non-hydrogen) atoms. The number of fused-ring (bicyclic) bond motifs is 1. The van der Waals surface area contributed by atoms with E-state index in [9.17, 15) is 9.59 Å². The van der Waals surface area contributed by atoms with Crippen molar-refractivity contribution < 1.29 is 14.3 Å². The van der Waals surface area contributed by atoms with E-state index < -0.39 is 0 Å². The first-order valence-electron chi connectivity index (χ1n) is 13.4. The van der Waals surface area contributed by atoms with Crippen molar-refractivity contribution in [2.45, 2.75) is 45.6 Å². The molecule has 0 radical (unpaired) electrons. The molecule has 0 atom stereocenters. The van der Waals surface area contributed by atoms with Crippen molar-refractivity contribution in [2.24, 2.45) is 0 Å². The maximum absolute atomic E-state index is 13.5. The molecule has 1 fully saturated rings. The molecule has 0 saturated carbocycles. The Kier molecular flexibility index (Phi) is 7.67. The van der Waals surface area contributed by atoms with Gasteiger partial charge < -0.3 is 19.5 Å². The first-order valence-corrected chi connectivity index (χ1v) is 13.8. The maximum atomic E-state index is 13.5. The largest absolute Gasteiger partial charge is 0.484 e. The van der Waals surface area contributed by atoms with Crippen molar-refractivity contribution in [3.8, 4) is 5.75 Å². The third kappa shape index (κ3) is 6.28. The third-order valence-corrected chi connectivity index (χ3v) is 7.39. The number of hydrogen-bond acceptors (Lipinski definition) is 3. The van der Waals surface area contributed by atoms with E-state index in [-0.39, 0.29) is 23.8 Å². The van der Waals surface area contributed by atoms with E-state index in [1.54, 1.807) is 24.3 Å². The lowest BCUT2D eigenvalue weighted by atomic mass is 9.87. The minimum absolute atomic E-state index is 0.0527. The van der Waals surface area contributed by atoms with E-state index in [1.165, 1.54) is 5.56 Å². The summed E-state index contributed by atoms with van der Waals surface area (Å²) in [7, 11) is 0. The smallest absolute Gasteiger partial charge is 0.270 e. The van der Waals surface area contributed by atoms with Crippen molar-refractivity contribution in [1.29, 1.82) is 0 Å². The van der Waals surface area contributed by atoms with Crippen LogP contribution in [0, 0.1) is 0 Å². The standard InChI is InChI=1S/C32H34ClN3O3/c1-32(2,3)24-8-6-22(7-9-24)20-36-28-15-12-26(34-30(37)21-39-27-13-10-25(33)11-14-27)18-23(28)19-29(36)31(38)35-16-4-5-17-35/h6-15,18-19H,4-5,16-17,20-21H2,1-3H3,(H,34,37). The van der Waals surface area contributed by atoms with Gasteiger partial charge in [0.25, 0.3) is 11.8 Å². The molecule has 7 heteroatoms. The summed E-state index contributed by atoms with van der Waals surface area (Å²) < 4.78 is 7.66. The fourth-order valence-electron chi connectivity index (χ4n) is 4.95. The lowest BCUT2D eigenvalue weighted by molar-refractivity contribution is -0.118. The highest BCUT2D eigenvalue weighted by Gasteiger charge is 2.24. The number of anilines is 1. The van der Waals surface area contributed by atoms with Crippen LogP contribution < -0.4 is 10.1 Å². The second-order valence-corrected chi connectivity index (χ2v) is 11.6. The number of nitrogens with zero attached hydrogens (tertiary/aromatic N) is 2. The average molecular weight is 544 g/mol. The molecular formula is C32H34ClN3O3. The summed E-state index contributed by atoms with van der Waals surface area (Å²) in [5.74, 6) is 0.357. The van der Waals surface area contributed by atoms with Crippen molar-refractivity contribution in [1.82, 2.24) is 9.47 Å². The average Bonchev–Trinajstić information content (AvgIpc) is 3.57. The molecule has 1 aromatic heterocycles. The molecule has 2 amide bonds. The second kappa shape index (κ2) is 11.1. The lowest BCUT2D eigenvalue weighted by Gasteiger charge is -2.20. The Balaban J connectivity index is 1.39. The maximum Gasteiger partial charge on any atom is 0.270 e. The number of benzene rings is 3.